The maximum atomic E-state index is 12.2. The zero-order valence-corrected chi connectivity index (χ0v) is 15.4. The zero-order chi connectivity index (χ0) is 19.7. The van der Waals surface area contributed by atoms with Crippen LogP contribution in [0.15, 0.2) is 42.6 Å². The number of hydrogen-bond donors (Lipinski definition) is 1. The summed E-state index contributed by atoms with van der Waals surface area (Å²) in [5.74, 6) is 0.299. The highest BCUT2D eigenvalue weighted by Gasteiger charge is 2.31. The van der Waals surface area contributed by atoms with Crippen LogP contribution in [0.5, 0.6) is 5.75 Å². The van der Waals surface area contributed by atoms with Crippen LogP contribution in [0.3, 0.4) is 0 Å². The maximum Gasteiger partial charge on any atom is 0.573 e. The molecule has 1 amide bonds. The highest BCUT2D eigenvalue weighted by Crippen LogP contribution is 2.23. The third-order valence-electron chi connectivity index (χ3n) is 3.32. The lowest BCUT2D eigenvalue weighted by Gasteiger charge is -2.10. The predicted octanol–water partition coefficient (Wildman–Crippen LogP) is 3.79. The van der Waals surface area contributed by atoms with E-state index in [-0.39, 0.29) is 24.9 Å². The van der Waals surface area contributed by atoms with Gasteiger partial charge in [-0.15, -0.1) is 13.2 Å². The minimum absolute atomic E-state index is 0.117. The van der Waals surface area contributed by atoms with Gasteiger partial charge in [-0.05, 0) is 35.6 Å². The van der Waals surface area contributed by atoms with Crippen molar-refractivity contribution in [2.75, 3.05) is 18.6 Å². The van der Waals surface area contributed by atoms with E-state index >= 15 is 0 Å². The molecule has 5 nitrogen and oxygen atoms in total. The van der Waals surface area contributed by atoms with Crippen molar-refractivity contribution in [2.24, 2.45) is 0 Å². The molecule has 0 saturated heterocycles. The fourth-order valence-corrected chi connectivity index (χ4v) is 2.43. The lowest BCUT2D eigenvalue weighted by Crippen LogP contribution is -2.26. The SMILES string of the molecule is CSCCNC(=O)c1ccc(COCc2cccc(OC(F)(F)F)c2)cn1. The lowest BCUT2D eigenvalue weighted by molar-refractivity contribution is -0.274. The van der Waals surface area contributed by atoms with Crippen molar-refractivity contribution in [1.82, 2.24) is 10.3 Å². The van der Waals surface area contributed by atoms with Gasteiger partial charge in [0, 0.05) is 18.5 Å². The van der Waals surface area contributed by atoms with Gasteiger partial charge in [0.05, 0.1) is 13.2 Å². The minimum Gasteiger partial charge on any atom is -0.406 e. The Morgan fingerprint density at radius 3 is 2.63 bits per heavy atom. The number of ether oxygens (including phenoxy) is 2. The van der Waals surface area contributed by atoms with Crippen molar-refractivity contribution in [3.05, 3.63) is 59.4 Å². The number of benzene rings is 1. The molecule has 146 valence electrons. The number of nitrogens with zero attached hydrogens (tertiary/aromatic N) is 1. The van der Waals surface area contributed by atoms with Crippen molar-refractivity contribution >= 4 is 17.7 Å². The molecule has 27 heavy (non-hydrogen) atoms. The number of alkyl halides is 3. The summed E-state index contributed by atoms with van der Waals surface area (Å²) in [6, 6.07) is 8.93. The second-order valence-corrected chi connectivity index (χ2v) is 6.47. The zero-order valence-electron chi connectivity index (χ0n) is 14.6. The Hall–Kier alpha value is -2.26. The first kappa shape index (κ1) is 21.0. The molecule has 0 aliphatic carbocycles. The molecule has 0 bridgehead atoms. The van der Waals surface area contributed by atoms with E-state index in [1.807, 2.05) is 6.26 Å². The summed E-state index contributed by atoms with van der Waals surface area (Å²) in [7, 11) is 0. The molecule has 0 aliphatic heterocycles. The van der Waals surface area contributed by atoms with Gasteiger partial charge in [-0.25, -0.2) is 0 Å². The van der Waals surface area contributed by atoms with Crippen LogP contribution in [0, 0.1) is 0 Å². The number of pyridine rings is 1. The second kappa shape index (κ2) is 10.2. The Bertz CT molecular complexity index is 739. The molecule has 9 heteroatoms. The number of amides is 1. The maximum absolute atomic E-state index is 12.2. The van der Waals surface area contributed by atoms with Crippen molar-refractivity contribution in [3.63, 3.8) is 0 Å². The highest BCUT2D eigenvalue weighted by molar-refractivity contribution is 7.98. The van der Waals surface area contributed by atoms with Crippen LogP contribution >= 0.6 is 11.8 Å². The van der Waals surface area contributed by atoms with E-state index in [2.05, 4.69) is 15.0 Å². The van der Waals surface area contributed by atoms with Crippen LogP contribution in [0.4, 0.5) is 13.2 Å². The molecule has 0 aliphatic rings. The monoisotopic (exact) mass is 400 g/mol. The molecule has 2 aromatic rings. The van der Waals surface area contributed by atoms with Crippen molar-refractivity contribution < 1.29 is 27.4 Å². The number of halogens is 3. The van der Waals surface area contributed by atoms with Gasteiger partial charge in [0.15, 0.2) is 0 Å². The summed E-state index contributed by atoms with van der Waals surface area (Å²) in [5, 5.41) is 2.76. The Morgan fingerprint density at radius 1 is 1.19 bits per heavy atom. The van der Waals surface area contributed by atoms with Crippen molar-refractivity contribution in [3.8, 4) is 5.75 Å². The van der Waals surface area contributed by atoms with E-state index in [4.69, 9.17) is 4.74 Å². The average molecular weight is 400 g/mol. The first-order chi connectivity index (χ1) is 12.9. The average Bonchev–Trinajstić information content (AvgIpc) is 2.61. The van der Waals surface area contributed by atoms with Crippen molar-refractivity contribution in [2.45, 2.75) is 19.6 Å². The highest BCUT2D eigenvalue weighted by atomic mass is 32.2. The Kier molecular flexibility index (Phi) is 7.93. The third-order valence-corrected chi connectivity index (χ3v) is 3.93. The summed E-state index contributed by atoms with van der Waals surface area (Å²) in [5.41, 5.74) is 1.62. The van der Waals surface area contributed by atoms with Gasteiger partial charge in [0.1, 0.15) is 11.4 Å². The van der Waals surface area contributed by atoms with Crippen molar-refractivity contribution in [1.29, 1.82) is 0 Å². The minimum atomic E-state index is -4.73. The fraction of sp³-hybridized carbons (Fsp3) is 0.333. The van der Waals surface area contributed by atoms with Gasteiger partial charge in [-0.1, -0.05) is 18.2 Å². The van der Waals surface area contributed by atoms with Gasteiger partial charge in [-0.2, -0.15) is 11.8 Å². The molecule has 1 aromatic carbocycles. The lowest BCUT2D eigenvalue weighted by atomic mass is 10.2. The summed E-state index contributed by atoms with van der Waals surface area (Å²) in [4.78, 5) is 15.9. The molecule has 0 unspecified atom stereocenters. The molecule has 0 fully saturated rings. The third kappa shape index (κ3) is 7.88. The van der Waals surface area contributed by atoms with Gasteiger partial charge in [0.2, 0.25) is 0 Å². The summed E-state index contributed by atoms with van der Waals surface area (Å²) < 4.78 is 46.1. The quantitative estimate of drug-likeness (QED) is 0.649. The van der Waals surface area contributed by atoms with Gasteiger partial charge < -0.3 is 14.8 Å². The molecule has 0 radical (unpaired) electrons. The van der Waals surface area contributed by atoms with E-state index in [1.54, 1.807) is 30.0 Å². The van der Waals surface area contributed by atoms with Crippen LogP contribution in [0.2, 0.25) is 0 Å². The molecule has 0 spiro atoms. The largest absolute Gasteiger partial charge is 0.573 e. The summed E-state index contributed by atoms with van der Waals surface area (Å²) in [6.07, 6.45) is -1.24. The first-order valence-electron chi connectivity index (χ1n) is 8.02. The van der Waals surface area contributed by atoms with Crippen LogP contribution in [-0.4, -0.2) is 35.8 Å². The number of hydrogen-bond acceptors (Lipinski definition) is 5. The molecule has 1 N–H and O–H groups in total. The van der Waals surface area contributed by atoms with Crippen LogP contribution < -0.4 is 10.1 Å². The number of rotatable bonds is 9. The molecule has 0 saturated carbocycles. The Balaban J connectivity index is 1.82. The fourth-order valence-electron chi connectivity index (χ4n) is 2.12. The predicted molar refractivity (Wildman–Crippen MR) is 96.6 cm³/mol. The van der Waals surface area contributed by atoms with Crippen LogP contribution in [-0.2, 0) is 18.0 Å². The molecule has 1 aromatic heterocycles. The van der Waals surface area contributed by atoms with E-state index < -0.39 is 6.36 Å². The molecule has 1 heterocycles. The van der Waals surface area contributed by atoms with Crippen LogP contribution in [0.1, 0.15) is 21.6 Å². The molecule has 2 rings (SSSR count). The Morgan fingerprint density at radius 2 is 1.96 bits per heavy atom. The summed E-state index contributed by atoms with van der Waals surface area (Å²) in [6.45, 7) is 0.904. The molecule has 0 atom stereocenters. The van der Waals surface area contributed by atoms with Crippen LogP contribution in [0.25, 0.3) is 0 Å². The number of carbonyl (C=O) groups is 1. The number of carbonyl (C=O) groups excluding carboxylic acids is 1. The van der Waals surface area contributed by atoms with E-state index in [1.165, 1.54) is 24.4 Å². The normalized spacial score (nSPS) is 11.3. The number of nitrogens with one attached hydrogen (secondary N) is 1. The van der Waals surface area contributed by atoms with E-state index in [0.717, 1.165) is 11.3 Å². The molecular weight excluding hydrogens is 381 g/mol. The number of thioether (sulfide) groups is 1. The standard InChI is InChI=1S/C18H19F3N2O3S/c1-27-8-7-22-17(24)16-6-5-14(10-23-16)12-25-11-13-3-2-4-15(9-13)26-18(19,20)21/h2-6,9-10H,7-8,11-12H2,1H3,(H,22,24). The van der Waals surface area contributed by atoms with E-state index in [9.17, 15) is 18.0 Å². The van der Waals surface area contributed by atoms with Gasteiger partial charge >= 0.3 is 6.36 Å². The summed E-state index contributed by atoms with van der Waals surface area (Å²) >= 11 is 1.64. The van der Waals surface area contributed by atoms with Gasteiger partial charge in [0.25, 0.3) is 5.91 Å². The first-order valence-corrected chi connectivity index (χ1v) is 9.41. The molecular formula is C18H19F3N2O3S. The van der Waals surface area contributed by atoms with E-state index in [0.29, 0.717) is 17.8 Å². The Labute approximate surface area is 159 Å². The second-order valence-electron chi connectivity index (χ2n) is 5.49. The topological polar surface area (TPSA) is 60.5 Å². The van der Waals surface area contributed by atoms with Gasteiger partial charge in [-0.3, -0.25) is 9.78 Å². The smallest absolute Gasteiger partial charge is 0.406 e. The number of aromatic nitrogens is 1.